The molecule has 190 valence electrons. The Hall–Kier alpha value is -3.30. The Morgan fingerprint density at radius 1 is 0.829 bits per heavy atom. The summed E-state index contributed by atoms with van der Waals surface area (Å²) in [6, 6.07) is 17.8. The zero-order chi connectivity index (χ0) is 25.2. The minimum absolute atomic E-state index is 0.731. The van der Waals surface area contributed by atoms with E-state index in [4.69, 9.17) is 29.3 Å². The Bertz CT molecular complexity index is 943. The first kappa shape index (κ1) is 26.3. The van der Waals surface area contributed by atoms with Crippen molar-refractivity contribution in [2.75, 3.05) is 58.4 Å². The monoisotopic (exact) mass is 485 g/mol. The number of methoxy groups -OCH3 is 2. The van der Waals surface area contributed by atoms with Gasteiger partial charge in [0.25, 0.3) is 0 Å². The Kier molecular flexibility index (Phi) is 9.75. The van der Waals surface area contributed by atoms with Gasteiger partial charge < -0.3 is 24.6 Å². The van der Waals surface area contributed by atoms with E-state index >= 15 is 0 Å². The van der Waals surface area contributed by atoms with Gasteiger partial charge in [-0.3, -0.25) is 9.80 Å². The summed E-state index contributed by atoms with van der Waals surface area (Å²) in [7, 11) is 3.38. The molecule has 2 aromatic rings. The average Bonchev–Trinajstić information content (AvgIpc) is 2.90. The molecule has 2 heterocycles. The second-order valence-corrected chi connectivity index (χ2v) is 8.67. The number of benzene rings is 2. The zero-order valence-electron chi connectivity index (χ0n) is 20.4. The van der Waals surface area contributed by atoms with Gasteiger partial charge in [-0.2, -0.15) is 0 Å². The van der Waals surface area contributed by atoms with Gasteiger partial charge in [-0.15, -0.1) is 0 Å². The van der Waals surface area contributed by atoms with E-state index in [1.165, 1.54) is 37.2 Å². The molecule has 4 rings (SSSR count). The van der Waals surface area contributed by atoms with Gasteiger partial charge in [0.15, 0.2) is 11.5 Å². The van der Waals surface area contributed by atoms with E-state index in [9.17, 15) is 0 Å². The third-order valence-electron chi connectivity index (χ3n) is 6.55. The van der Waals surface area contributed by atoms with Crippen molar-refractivity contribution in [2.24, 2.45) is 0 Å². The minimum Gasteiger partial charge on any atom is -0.493 e. The highest BCUT2D eigenvalue weighted by Gasteiger charge is 2.27. The largest absolute Gasteiger partial charge is 0.493 e. The predicted molar refractivity (Wildman–Crippen MR) is 133 cm³/mol. The molecule has 9 heteroatoms. The number of hydrogen-bond acceptors (Lipinski definition) is 7. The lowest BCUT2D eigenvalue weighted by atomic mass is 10.0. The molecular formula is C26H35N3O6. The number of hydrogen-bond donors (Lipinski definition) is 2. The van der Waals surface area contributed by atoms with Crippen molar-refractivity contribution >= 4 is 17.6 Å². The van der Waals surface area contributed by atoms with E-state index < -0.39 is 11.9 Å². The molecule has 0 atom stereocenters. The number of anilines is 1. The van der Waals surface area contributed by atoms with Crippen LogP contribution >= 0.6 is 0 Å². The van der Waals surface area contributed by atoms with Gasteiger partial charge in [0.1, 0.15) is 0 Å². The molecule has 0 amide bonds. The van der Waals surface area contributed by atoms with E-state index in [1.54, 1.807) is 14.2 Å². The summed E-state index contributed by atoms with van der Waals surface area (Å²) in [5, 5.41) is 14.8. The number of carboxylic acids is 2. The van der Waals surface area contributed by atoms with E-state index in [0.717, 1.165) is 50.3 Å². The summed E-state index contributed by atoms with van der Waals surface area (Å²) in [6.45, 7) is 7.93. The summed E-state index contributed by atoms with van der Waals surface area (Å²) in [4.78, 5) is 26.0. The van der Waals surface area contributed by atoms with Gasteiger partial charge in [-0.25, -0.2) is 9.59 Å². The quantitative estimate of drug-likeness (QED) is 0.598. The first-order chi connectivity index (χ1) is 16.9. The topological polar surface area (TPSA) is 103 Å². The van der Waals surface area contributed by atoms with Crippen LogP contribution in [0.4, 0.5) is 5.69 Å². The molecule has 0 saturated carbocycles. The van der Waals surface area contributed by atoms with Crippen LogP contribution in [0, 0.1) is 0 Å². The van der Waals surface area contributed by atoms with Crippen LogP contribution in [-0.4, -0.2) is 91.5 Å². The predicted octanol–water partition coefficient (Wildman–Crippen LogP) is 2.65. The van der Waals surface area contributed by atoms with Crippen LogP contribution in [-0.2, 0) is 16.1 Å². The number of para-hydroxylation sites is 1. The van der Waals surface area contributed by atoms with Crippen molar-refractivity contribution in [3.63, 3.8) is 0 Å². The Labute approximate surface area is 206 Å². The second kappa shape index (κ2) is 13.0. The van der Waals surface area contributed by atoms with Gasteiger partial charge in [-0.1, -0.05) is 24.3 Å². The zero-order valence-corrected chi connectivity index (χ0v) is 20.4. The molecule has 35 heavy (non-hydrogen) atoms. The highest BCUT2D eigenvalue weighted by Crippen LogP contribution is 2.29. The smallest absolute Gasteiger partial charge is 0.414 e. The maximum Gasteiger partial charge on any atom is 0.414 e. The number of piperazine rings is 1. The number of piperidine rings is 1. The molecule has 9 nitrogen and oxygen atoms in total. The molecule has 2 aliphatic heterocycles. The molecule has 2 saturated heterocycles. The summed E-state index contributed by atoms with van der Waals surface area (Å²) in [5.74, 6) is -2.04. The molecule has 2 N–H and O–H groups in total. The minimum atomic E-state index is -1.82. The Balaban J connectivity index is 0.000000509. The number of ether oxygens (including phenoxy) is 2. The first-order valence-electron chi connectivity index (χ1n) is 11.8. The second-order valence-electron chi connectivity index (χ2n) is 8.67. The van der Waals surface area contributed by atoms with E-state index in [2.05, 4.69) is 57.2 Å². The lowest BCUT2D eigenvalue weighted by Crippen LogP contribution is -2.53. The molecule has 0 aliphatic carbocycles. The lowest BCUT2D eigenvalue weighted by molar-refractivity contribution is -0.159. The molecule has 2 fully saturated rings. The van der Waals surface area contributed by atoms with Crippen LogP contribution in [0.2, 0.25) is 0 Å². The maximum atomic E-state index is 9.10. The summed E-state index contributed by atoms with van der Waals surface area (Å²) >= 11 is 0. The normalized spacial score (nSPS) is 17.3. The van der Waals surface area contributed by atoms with Crippen LogP contribution in [0.3, 0.4) is 0 Å². The fraction of sp³-hybridized carbons (Fsp3) is 0.462. The number of rotatable bonds is 6. The maximum absolute atomic E-state index is 9.10. The fourth-order valence-corrected chi connectivity index (χ4v) is 4.66. The molecule has 0 spiro atoms. The highest BCUT2D eigenvalue weighted by molar-refractivity contribution is 6.27. The van der Waals surface area contributed by atoms with Gasteiger partial charge in [0.2, 0.25) is 0 Å². The van der Waals surface area contributed by atoms with Crippen LogP contribution in [0.5, 0.6) is 11.5 Å². The fourth-order valence-electron chi connectivity index (χ4n) is 4.66. The molecule has 0 radical (unpaired) electrons. The summed E-state index contributed by atoms with van der Waals surface area (Å²) in [6.07, 6.45) is 2.53. The number of nitrogens with zero attached hydrogens (tertiary/aromatic N) is 3. The SMILES string of the molecule is COc1ccc(CN2CCC(N3CCN(c4ccccc4)CC3)CC2)cc1OC.O=C(O)C(=O)O. The van der Waals surface area contributed by atoms with Crippen LogP contribution in [0.25, 0.3) is 0 Å². The Morgan fingerprint density at radius 3 is 1.97 bits per heavy atom. The van der Waals surface area contributed by atoms with Crippen LogP contribution < -0.4 is 14.4 Å². The molecule has 2 aromatic carbocycles. The van der Waals surface area contributed by atoms with E-state index in [0.29, 0.717) is 0 Å². The van der Waals surface area contributed by atoms with Crippen molar-refractivity contribution in [1.29, 1.82) is 0 Å². The molecule has 0 aromatic heterocycles. The van der Waals surface area contributed by atoms with E-state index in [1.807, 2.05) is 6.07 Å². The van der Waals surface area contributed by atoms with Crippen molar-refractivity contribution in [2.45, 2.75) is 25.4 Å². The first-order valence-corrected chi connectivity index (χ1v) is 11.8. The number of carboxylic acid groups (broad SMARTS) is 2. The molecule has 0 bridgehead atoms. The van der Waals surface area contributed by atoms with Crippen molar-refractivity contribution in [3.8, 4) is 11.5 Å². The third kappa shape index (κ3) is 7.60. The Morgan fingerprint density at radius 2 is 1.43 bits per heavy atom. The van der Waals surface area contributed by atoms with Crippen LogP contribution in [0.15, 0.2) is 48.5 Å². The van der Waals surface area contributed by atoms with Crippen molar-refractivity contribution in [1.82, 2.24) is 9.80 Å². The van der Waals surface area contributed by atoms with E-state index in [-0.39, 0.29) is 0 Å². The molecular weight excluding hydrogens is 450 g/mol. The standard InChI is InChI=1S/C24H33N3O2.C2H2O4/c1-28-23-9-8-20(18-24(23)29-2)19-25-12-10-22(11-13-25)27-16-14-26(15-17-27)21-6-4-3-5-7-21;3-1(4)2(5)6/h3-9,18,22H,10-17,19H2,1-2H3;(H,3,4)(H,5,6). The van der Waals surface area contributed by atoms with Gasteiger partial charge in [0.05, 0.1) is 14.2 Å². The molecule has 2 aliphatic rings. The van der Waals surface area contributed by atoms with Gasteiger partial charge >= 0.3 is 11.9 Å². The van der Waals surface area contributed by atoms with Crippen molar-refractivity contribution in [3.05, 3.63) is 54.1 Å². The number of carbonyl (C=O) groups is 2. The summed E-state index contributed by atoms with van der Waals surface area (Å²) < 4.78 is 10.8. The molecule has 0 unspecified atom stereocenters. The number of likely N-dealkylation sites (tertiary alicyclic amines) is 1. The van der Waals surface area contributed by atoms with Crippen molar-refractivity contribution < 1.29 is 29.3 Å². The van der Waals surface area contributed by atoms with Gasteiger partial charge in [0, 0.05) is 44.5 Å². The lowest BCUT2D eigenvalue weighted by Gasteiger charge is -2.43. The highest BCUT2D eigenvalue weighted by atomic mass is 16.5. The third-order valence-corrected chi connectivity index (χ3v) is 6.55. The van der Waals surface area contributed by atoms with Gasteiger partial charge in [-0.05, 0) is 55.8 Å². The summed E-state index contributed by atoms with van der Waals surface area (Å²) in [5.41, 5.74) is 2.65. The average molecular weight is 486 g/mol. The van der Waals surface area contributed by atoms with Crippen LogP contribution in [0.1, 0.15) is 18.4 Å². The number of aliphatic carboxylic acids is 2.